The van der Waals surface area contributed by atoms with E-state index >= 15 is 0 Å². The third-order valence-corrected chi connectivity index (χ3v) is 4.40. The molecule has 0 saturated carbocycles. The highest BCUT2D eigenvalue weighted by Gasteiger charge is 2.37. The molecule has 0 N–H and O–H groups in total. The van der Waals surface area contributed by atoms with Gasteiger partial charge in [0.15, 0.2) is 0 Å². The molecular formula is C18H18F2N2O2. The van der Waals surface area contributed by atoms with Crippen LogP contribution in [0.3, 0.4) is 0 Å². The Kier molecular flexibility index (Phi) is 4.85. The van der Waals surface area contributed by atoms with Crippen molar-refractivity contribution >= 4 is 5.91 Å². The van der Waals surface area contributed by atoms with Gasteiger partial charge in [0, 0.05) is 44.4 Å². The van der Waals surface area contributed by atoms with E-state index in [0.29, 0.717) is 19.7 Å². The van der Waals surface area contributed by atoms with E-state index in [-0.39, 0.29) is 17.4 Å². The molecule has 2 atom stereocenters. The van der Waals surface area contributed by atoms with Crippen molar-refractivity contribution in [3.63, 3.8) is 0 Å². The minimum Gasteiger partial charge on any atom is -0.384 e. The molecule has 3 rings (SSSR count). The van der Waals surface area contributed by atoms with Gasteiger partial charge in [-0.05, 0) is 35.9 Å². The first kappa shape index (κ1) is 16.5. The van der Waals surface area contributed by atoms with Crippen LogP contribution in [0, 0.1) is 17.6 Å². The highest BCUT2D eigenvalue weighted by atomic mass is 19.1. The number of carbonyl (C=O) groups excluding carboxylic acids is 1. The summed E-state index contributed by atoms with van der Waals surface area (Å²) in [5.41, 5.74) is 0.823. The number of ether oxygens (including phenoxy) is 1. The zero-order valence-electron chi connectivity index (χ0n) is 13.3. The van der Waals surface area contributed by atoms with Crippen LogP contribution in [0.25, 0.3) is 0 Å². The SMILES string of the molecule is COC[C@@H]1CN(C(=O)c2cc(F)ccc2F)C[C@H]1c1ccncc1. The molecule has 1 aliphatic heterocycles. The number of likely N-dealkylation sites (tertiary alicyclic amines) is 1. The lowest BCUT2D eigenvalue weighted by Crippen LogP contribution is -2.30. The summed E-state index contributed by atoms with van der Waals surface area (Å²) in [6, 6.07) is 6.74. The van der Waals surface area contributed by atoms with Crippen molar-refractivity contribution in [3.8, 4) is 0 Å². The van der Waals surface area contributed by atoms with Crippen molar-refractivity contribution in [1.82, 2.24) is 9.88 Å². The quantitative estimate of drug-likeness (QED) is 0.865. The van der Waals surface area contributed by atoms with Crippen LogP contribution >= 0.6 is 0 Å². The maximum absolute atomic E-state index is 13.9. The minimum atomic E-state index is -0.711. The van der Waals surface area contributed by atoms with E-state index in [1.54, 1.807) is 24.4 Å². The summed E-state index contributed by atoms with van der Waals surface area (Å²) in [6.45, 7) is 1.37. The fraction of sp³-hybridized carbons (Fsp3) is 0.333. The van der Waals surface area contributed by atoms with Gasteiger partial charge in [0.2, 0.25) is 0 Å². The minimum absolute atomic E-state index is 0.0773. The first-order chi connectivity index (χ1) is 11.6. The summed E-state index contributed by atoms with van der Waals surface area (Å²) in [5, 5.41) is 0. The van der Waals surface area contributed by atoms with Crippen LogP contribution < -0.4 is 0 Å². The van der Waals surface area contributed by atoms with Crippen LogP contribution in [-0.2, 0) is 4.74 Å². The normalized spacial score (nSPS) is 20.4. The predicted molar refractivity (Wildman–Crippen MR) is 84.6 cm³/mol. The number of hydrogen-bond donors (Lipinski definition) is 0. The second-order valence-corrected chi connectivity index (χ2v) is 5.94. The molecule has 2 aromatic rings. The third kappa shape index (κ3) is 3.28. The standard InChI is InChI=1S/C18H18F2N2O2/c1-24-11-13-9-22(10-16(13)12-4-6-21-7-5-12)18(23)15-8-14(19)2-3-17(15)20/h2-8,13,16H,9-11H2,1H3/t13-,16-/m0/s1. The van der Waals surface area contributed by atoms with Gasteiger partial charge < -0.3 is 9.64 Å². The van der Waals surface area contributed by atoms with Crippen LogP contribution in [0.2, 0.25) is 0 Å². The van der Waals surface area contributed by atoms with Gasteiger partial charge in [0.25, 0.3) is 5.91 Å². The smallest absolute Gasteiger partial charge is 0.256 e. The fourth-order valence-electron chi connectivity index (χ4n) is 3.24. The maximum atomic E-state index is 13.9. The van der Waals surface area contributed by atoms with Crippen LogP contribution in [0.1, 0.15) is 21.8 Å². The predicted octanol–water partition coefficient (Wildman–Crippen LogP) is 2.86. The molecule has 2 heterocycles. The molecule has 1 saturated heterocycles. The van der Waals surface area contributed by atoms with E-state index in [1.807, 2.05) is 12.1 Å². The fourth-order valence-corrected chi connectivity index (χ4v) is 3.24. The maximum Gasteiger partial charge on any atom is 0.256 e. The van der Waals surface area contributed by atoms with Crippen LogP contribution in [0.5, 0.6) is 0 Å². The Balaban J connectivity index is 1.85. The Hall–Kier alpha value is -2.34. The molecule has 0 unspecified atom stereocenters. The number of rotatable bonds is 4. The molecule has 0 spiro atoms. The van der Waals surface area contributed by atoms with E-state index in [2.05, 4.69) is 4.98 Å². The van der Waals surface area contributed by atoms with Gasteiger partial charge in [-0.15, -0.1) is 0 Å². The van der Waals surface area contributed by atoms with Crippen molar-refractivity contribution < 1.29 is 18.3 Å². The van der Waals surface area contributed by atoms with Gasteiger partial charge in [-0.2, -0.15) is 0 Å². The Bertz CT molecular complexity index is 724. The summed E-state index contributed by atoms with van der Waals surface area (Å²) < 4.78 is 32.5. The summed E-state index contributed by atoms with van der Waals surface area (Å²) in [5.74, 6) is -1.66. The van der Waals surface area contributed by atoms with Crippen LogP contribution in [0.15, 0.2) is 42.7 Å². The summed E-state index contributed by atoms with van der Waals surface area (Å²) in [4.78, 5) is 18.2. The number of aromatic nitrogens is 1. The van der Waals surface area contributed by atoms with Crippen molar-refractivity contribution in [2.24, 2.45) is 5.92 Å². The molecule has 0 aliphatic carbocycles. The molecular weight excluding hydrogens is 314 g/mol. The van der Waals surface area contributed by atoms with E-state index < -0.39 is 17.5 Å². The van der Waals surface area contributed by atoms with Crippen LogP contribution in [-0.4, -0.2) is 42.6 Å². The second kappa shape index (κ2) is 7.05. The lowest BCUT2D eigenvalue weighted by atomic mass is 9.90. The zero-order chi connectivity index (χ0) is 17.1. The molecule has 1 aromatic carbocycles. The molecule has 126 valence electrons. The third-order valence-electron chi connectivity index (χ3n) is 4.40. The van der Waals surface area contributed by atoms with Gasteiger partial charge in [-0.3, -0.25) is 9.78 Å². The summed E-state index contributed by atoms with van der Waals surface area (Å²) >= 11 is 0. The van der Waals surface area contributed by atoms with Gasteiger partial charge in [-0.25, -0.2) is 8.78 Å². The second-order valence-electron chi connectivity index (χ2n) is 5.94. The van der Waals surface area contributed by atoms with Crippen molar-refractivity contribution in [2.45, 2.75) is 5.92 Å². The molecule has 4 nitrogen and oxygen atoms in total. The number of hydrogen-bond acceptors (Lipinski definition) is 3. The van der Waals surface area contributed by atoms with Crippen molar-refractivity contribution in [2.75, 3.05) is 26.8 Å². The van der Waals surface area contributed by atoms with Crippen LogP contribution in [0.4, 0.5) is 8.78 Å². The van der Waals surface area contributed by atoms with E-state index in [1.165, 1.54) is 0 Å². The number of methoxy groups -OCH3 is 1. The zero-order valence-corrected chi connectivity index (χ0v) is 13.3. The Morgan fingerprint density at radius 3 is 2.71 bits per heavy atom. The van der Waals surface area contributed by atoms with E-state index in [0.717, 1.165) is 23.8 Å². The van der Waals surface area contributed by atoms with Gasteiger partial charge in [0.1, 0.15) is 11.6 Å². The Morgan fingerprint density at radius 1 is 1.25 bits per heavy atom. The lowest BCUT2D eigenvalue weighted by molar-refractivity contribution is 0.0770. The number of benzene rings is 1. The highest BCUT2D eigenvalue weighted by Crippen LogP contribution is 2.33. The van der Waals surface area contributed by atoms with E-state index in [9.17, 15) is 13.6 Å². The van der Waals surface area contributed by atoms with Crippen molar-refractivity contribution in [3.05, 3.63) is 65.5 Å². The molecule has 0 radical (unpaired) electrons. The average Bonchev–Trinajstić information content (AvgIpc) is 3.01. The first-order valence-electron chi connectivity index (χ1n) is 7.73. The largest absolute Gasteiger partial charge is 0.384 e. The highest BCUT2D eigenvalue weighted by molar-refractivity contribution is 5.94. The Labute approximate surface area is 139 Å². The average molecular weight is 332 g/mol. The first-order valence-corrected chi connectivity index (χ1v) is 7.73. The molecule has 1 amide bonds. The summed E-state index contributed by atoms with van der Waals surface area (Å²) in [6.07, 6.45) is 3.41. The molecule has 1 aromatic heterocycles. The molecule has 24 heavy (non-hydrogen) atoms. The number of halogens is 2. The number of pyridine rings is 1. The topological polar surface area (TPSA) is 42.4 Å². The molecule has 0 bridgehead atoms. The van der Waals surface area contributed by atoms with Gasteiger partial charge in [-0.1, -0.05) is 0 Å². The van der Waals surface area contributed by atoms with E-state index in [4.69, 9.17) is 4.74 Å². The molecule has 1 fully saturated rings. The lowest BCUT2D eigenvalue weighted by Gasteiger charge is -2.17. The monoisotopic (exact) mass is 332 g/mol. The number of carbonyl (C=O) groups is 1. The van der Waals surface area contributed by atoms with Crippen molar-refractivity contribution in [1.29, 1.82) is 0 Å². The Morgan fingerprint density at radius 2 is 2.00 bits per heavy atom. The number of nitrogens with zero attached hydrogens (tertiary/aromatic N) is 2. The number of amides is 1. The molecule has 1 aliphatic rings. The van der Waals surface area contributed by atoms with Gasteiger partial charge >= 0.3 is 0 Å². The summed E-state index contributed by atoms with van der Waals surface area (Å²) in [7, 11) is 1.61. The molecule has 6 heteroatoms. The van der Waals surface area contributed by atoms with Gasteiger partial charge in [0.05, 0.1) is 12.2 Å².